The summed E-state index contributed by atoms with van der Waals surface area (Å²) in [5, 5.41) is 8.46. The predicted molar refractivity (Wildman–Crippen MR) is 62.6 cm³/mol. The Bertz CT molecular complexity index is 305. The minimum absolute atomic E-state index is 0. The second-order valence-electron chi connectivity index (χ2n) is 2.74. The molecule has 2 nitrogen and oxygen atoms in total. The van der Waals surface area contributed by atoms with Gasteiger partial charge in [0, 0.05) is 10.9 Å². The topological polar surface area (TPSA) is 49.8 Å². The second-order valence-corrected chi connectivity index (χ2v) is 3.62. The minimum atomic E-state index is -0.152. The highest BCUT2D eigenvalue weighted by atomic mass is 35.5. The molecule has 0 heterocycles. The van der Waals surface area contributed by atoms with Crippen molar-refractivity contribution in [2.75, 3.05) is 6.26 Å². The van der Waals surface area contributed by atoms with Gasteiger partial charge in [-0.15, -0.1) is 24.2 Å². The Hall–Kier alpha value is -0.690. The largest absolute Gasteiger partial charge is 0.323 e. The van der Waals surface area contributed by atoms with E-state index >= 15 is 0 Å². The highest BCUT2D eigenvalue weighted by Gasteiger charge is 2.03. The number of halogens is 1. The van der Waals surface area contributed by atoms with E-state index in [1.807, 2.05) is 30.5 Å². The Balaban J connectivity index is 0.00000169. The molecular weight excluding hydrogens is 216 g/mol. The van der Waals surface area contributed by atoms with Crippen LogP contribution in [0.2, 0.25) is 0 Å². The molecular formula is C10H13ClN2S. The van der Waals surface area contributed by atoms with Crippen LogP contribution in [0.5, 0.6) is 0 Å². The van der Waals surface area contributed by atoms with Gasteiger partial charge in [0.2, 0.25) is 0 Å². The molecule has 0 saturated heterocycles. The third-order valence-corrected chi connectivity index (χ3v) is 2.60. The van der Waals surface area contributed by atoms with E-state index in [2.05, 4.69) is 6.07 Å². The van der Waals surface area contributed by atoms with Crippen LogP contribution >= 0.6 is 24.2 Å². The molecule has 0 radical (unpaired) electrons. The summed E-state index contributed by atoms with van der Waals surface area (Å²) >= 11 is 1.70. The van der Waals surface area contributed by atoms with Gasteiger partial charge in [0.1, 0.15) is 0 Å². The van der Waals surface area contributed by atoms with Gasteiger partial charge in [0.15, 0.2) is 0 Å². The van der Waals surface area contributed by atoms with Gasteiger partial charge < -0.3 is 5.73 Å². The van der Waals surface area contributed by atoms with E-state index in [0.29, 0.717) is 6.42 Å². The van der Waals surface area contributed by atoms with Crippen LogP contribution in [0, 0.1) is 11.3 Å². The van der Waals surface area contributed by atoms with Crippen LogP contribution in [0.3, 0.4) is 0 Å². The SMILES string of the molecule is CSc1ccc([C@@H](N)CC#N)cc1.Cl. The van der Waals surface area contributed by atoms with Crippen molar-refractivity contribution in [1.82, 2.24) is 0 Å². The third-order valence-electron chi connectivity index (χ3n) is 1.86. The van der Waals surface area contributed by atoms with Gasteiger partial charge >= 0.3 is 0 Å². The molecule has 0 aromatic heterocycles. The summed E-state index contributed by atoms with van der Waals surface area (Å²) < 4.78 is 0. The van der Waals surface area contributed by atoms with E-state index in [-0.39, 0.29) is 18.4 Å². The van der Waals surface area contributed by atoms with E-state index in [4.69, 9.17) is 11.0 Å². The Labute approximate surface area is 94.9 Å². The van der Waals surface area contributed by atoms with Crippen LogP contribution in [0.25, 0.3) is 0 Å². The Morgan fingerprint density at radius 1 is 1.43 bits per heavy atom. The lowest BCUT2D eigenvalue weighted by Gasteiger charge is -2.07. The van der Waals surface area contributed by atoms with Gasteiger partial charge in [-0.25, -0.2) is 0 Å². The highest BCUT2D eigenvalue weighted by molar-refractivity contribution is 7.98. The average Bonchev–Trinajstić information content (AvgIpc) is 2.18. The molecule has 0 saturated carbocycles. The predicted octanol–water partition coefficient (Wildman–Crippen LogP) is 2.74. The van der Waals surface area contributed by atoms with Crippen molar-refractivity contribution in [1.29, 1.82) is 5.26 Å². The van der Waals surface area contributed by atoms with Crippen LogP contribution in [-0.4, -0.2) is 6.26 Å². The first-order valence-corrected chi connectivity index (χ1v) is 5.27. The zero-order valence-electron chi connectivity index (χ0n) is 7.93. The number of nitrogens with two attached hydrogens (primary N) is 1. The molecule has 1 atom stereocenters. The van der Waals surface area contributed by atoms with Gasteiger partial charge in [0.05, 0.1) is 12.5 Å². The van der Waals surface area contributed by atoms with Crippen molar-refractivity contribution >= 4 is 24.2 Å². The molecule has 0 unspecified atom stereocenters. The first-order valence-electron chi connectivity index (χ1n) is 4.04. The normalized spacial score (nSPS) is 11.2. The zero-order valence-corrected chi connectivity index (χ0v) is 9.57. The van der Waals surface area contributed by atoms with Crippen LogP contribution in [0.15, 0.2) is 29.2 Å². The summed E-state index contributed by atoms with van der Waals surface area (Å²) in [6.45, 7) is 0. The van der Waals surface area contributed by atoms with Crippen LogP contribution in [0.1, 0.15) is 18.0 Å². The fraction of sp³-hybridized carbons (Fsp3) is 0.300. The van der Waals surface area contributed by atoms with Crippen molar-refractivity contribution in [3.8, 4) is 6.07 Å². The maximum atomic E-state index is 8.46. The lowest BCUT2D eigenvalue weighted by Crippen LogP contribution is -2.08. The van der Waals surface area contributed by atoms with Crippen LogP contribution < -0.4 is 5.73 Å². The number of rotatable bonds is 3. The van der Waals surface area contributed by atoms with Crippen molar-refractivity contribution in [3.63, 3.8) is 0 Å². The summed E-state index contributed by atoms with van der Waals surface area (Å²) in [6, 6.07) is 9.92. The standard InChI is InChI=1S/C10H12N2S.ClH/c1-13-9-4-2-8(3-5-9)10(12)6-7-11;/h2-5,10H,6,12H2,1H3;1H/t10-;/m0./s1. The monoisotopic (exact) mass is 228 g/mol. The highest BCUT2D eigenvalue weighted by Crippen LogP contribution is 2.19. The summed E-state index contributed by atoms with van der Waals surface area (Å²) in [4.78, 5) is 1.22. The molecule has 1 aromatic rings. The maximum Gasteiger partial charge on any atom is 0.0641 e. The molecule has 2 N–H and O–H groups in total. The zero-order chi connectivity index (χ0) is 9.68. The summed E-state index contributed by atoms with van der Waals surface area (Å²) in [7, 11) is 0. The van der Waals surface area contributed by atoms with Crippen molar-refractivity contribution < 1.29 is 0 Å². The molecule has 0 spiro atoms. The van der Waals surface area contributed by atoms with Crippen LogP contribution in [0.4, 0.5) is 0 Å². The van der Waals surface area contributed by atoms with Crippen molar-refractivity contribution in [3.05, 3.63) is 29.8 Å². The quantitative estimate of drug-likeness (QED) is 0.810. The lowest BCUT2D eigenvalue weighted by atomic mass is 10.1. The number of nitrogens with zero attached hydrogens (tertiary/aromatic N) is 1. The van der Waals surface area contributed by atoms with Gasteiger partial charge in [-0.1, -0.05) is 12.1 Å². The Morgan fingerprint density at radius 3 is 2.43 bits per heavy atom. The van der Waals surface area contributed by atoms with E-state index < -0.39 is 0 Å². The van der Waals surface area contributed by atoms with E-state index in [1.165, 1.54) is 4.90 Å². The van der Waals surface area contributed by atoms with Crippen molar-refractivity contribution in [2.24, 2.45) is 5.73 Å². The number of thioether (sulfide) groups is 1. The minimum Gasteiger partial charge on any atom is -0.323 e. The Morgan fingerprint density at radius 2 is 2.00 bits per heavy atom. The number of nitriles is 1. The van der Waals surface area contributed by atoms with Crippen LogP contribution in [-0.2, 0) is 0 Å². The molecule has 1 aromatic carbocycles. The van der Waals surface area contributed by atoms with Gasteiger partial charge in [-0.2, -0.15) is 5.26 Å². The lowest BCUT2D eigenvalue weighted by molar-refractivity contribution is 0.747. The third kappa shape index (κ3) is 3.59. The first kappa shape index (κ1) is 13.3. The molecule has 0 aliphatic rings. The Kier molecular flexibility index (Phi) is 6.39. The van der Waals surface area contributed by atoms with Gasteiger partial charge in [0.25, 0.3) is 0 Å². The molecule has 4 heteroatoms. The smallest absolute Gasteiger partial charge is 0.0641 e. The average molecular weight is 229 g/mol. The first-order chi connectivity index (χ1) is 6.27. The molecule has 0 aliphatic heterocycles. The number of hydrogen-bond acceptors (Lipinski definition) is 3. The molecule has 14 heavy (non-hydrogen) atoms. The summed E-state index contributed by atoms with van der Waals surface area (Å²) in [5.74, 6) is 0. The molecule has 76 valence electrons. The summed E-state index contributed by atoms with van der Waals surface area (Å²) in [6.07, 6.45) is 2.41. The molecule has 0 amide bonds. The molecule has 1 rings (SSSR count). The van der Waals surface area contributed by atoms with Gasteiger partial charge in [-0.3, -0.25) is 0 Å². The fourth-order valence-electron chi connectivity index (χ4n) is 1.07. The maximum absolute atomic E-state index is 8.46. The van der Waals surface area contributed by atoms with E-state index in [0.717, 1.165) is 5.56 Å². The molecule has 0 fully saturated rings. The number of hydrogen-bond donors (Lipinski definition) is 1. The van der Waals surface area contributed by atoms with E-state index in [1.54, 1.807) is 11.8 Å². The van der Waals surface area contributed by atoms with Crippen molar-refractivity contribution in [2.45, 2.75) is 17.4 Å². The second kappa shape index (κ2) is 6.72. The summed E-state index contributed by atoms with van der Waals surface area (Å²) in [5.41, 5.74) is 6.79. The van der Waals surface area contributed by atoms with E-state index in [9.17, 15) is 0 Å². The molecule has 0 bridgehead atoms. The molecule has 0 aliphatic carbocycles. The van der Waals surface area contributed by atoms with Gasteiger partial charge in [-0.05, 0) is 24.0 Å². The fourth-order valence-corrected chi connectivity index (χ4v) is 1.48. The number of benzene rings is 1.